The van der Waals surface area contributed by atoms with E-state index in [1.165, 1.54) is 0 Å². The molecule has 0 radical (unpaired) electrons. The normalized spacial score (nSPS) is 11.7. The summed E-state index contributed by atoms with van der Waals surface area (Å²) in [6, 6.07) is 5.85. The Morgan fingerprint density at radius 3 is 2.67 bits per heavy atom. The summed E-state index contributed by atoms with van der Waals surface area (Å²) in [5, 5.41) is 3.34. The molecule has 1 unspecified atom stereocenters. The Bertz CT molecular complexity index is 409. The minimum Gasteiger partial charge on any atom is -0.497 e. The molecule has 1 aromatic rings. The van der Waals surface area contributed by atoms with Crippen LogP contribution in [0.2, 0.25) is 0 Å². The van der Waals surface area contributed by atoms with Crippen molar-refractivity contribution in [2.24, 2.45) is 0 Å². The molecule has 1 atom stereocenters. The number of hydrogen-bond donors (Lipinski definition) is 1. The zero-order valence-electron chi connectivity index (χ0n) is 11.3. The Morgan fingerprint density at radius 1 is 1.33 bits per heavy atom. The molecule has 0 aromatic heterocycles. The van der Waals surface area contributed by atoms with Gasteiger partial charge in [0.1, 0.15) is 11.5 Å². The first-order valence-electron chi connectivity index (χ1n) is 6.15. The van der Waals surface area contributed by atoms with E-state index in [1.54, 1.807) is 14.2 Å². The van der Waals surface area contributed by atoms with Gasteiger partial charge in [-0.05, 0) is 24.6 Å². The predicted octanol–water partition coefficient (Wildman–Crippen LogP) is 2.60. The van der Waals surface area contributed by atoms with E-state index in [9.17, 15) is 0 Å². The van der Waals surface area contributed by atoms with E-state index >= 15 is 0 Å². The van der Waals surface area contributed by atoms with Gasteiger partial charge in [-0.25, -0.2) is 0 Å². The number of nitrogens with one attached hydrogen (secondary N) is 1. The van der Waals surface area contributed by atoms with Crippen LogP contribution in [0.4, 0.5) is 0 Å². The zero-order valence-corrected chi connectivity index (χ0v) is 11.3. The lowest BCUT2D eigenvalue weighted by Crippen LogP contribution is -2.26. The Kier molecular flexibility index (Phi) is 6.10. The van der Waals surface area contributed by atoms with E-state index in [4.69, 9.17) is 15.9 Å². The van der Waals surface area contributed by atoms with Crippen molar-refractivity contribution >= 4 is 0 Å². The van der Waals surface area contributed by atoms with Gasteiger partial charge < -0.3 is 9.47 Å². The molecule has 0 fully saturated rings. The highest BCUT2D eigenvalue weighted by atomic mass is 16.5. The monoisotopic (exact) mass is 247 g/mol. The van der Waals surface area contributed by atoms with Crippen molar-refractivity contribution in [3.63, 3.8) is 0 Å². The fourth-order valence-corrected chi connectivity index (χ4v) is 1.79. The van der Waals surface area contributed by atoms with Gasteiger partial charge in [0.2, 0.25) is 0 Å². The quantitative estimate of drug-likeness (QED) is 0.751. The number of methoxy groups -OCH3 is 2. The molecule has 3 heteroatoms. The molecule has 1 rings (SSSR count). The molecule has 3 nitrogen and oxygen atoms in total. The van der Waals surface area contributed by atoms with Crippen LogP contribution >= 0.6 is 0 Å². The van der Waals surface area contributed by atoms with Crippen LogP contribution < -0.4 is 14.8 Å². The number of ether oxygens (including phenoxy) is 2. The van der Waals surface area contributed by atoms with Crippen LogP contribution in [-0.4, -0.2) is 20.3 Å². The summed E-state index contributed by atoms with van der Waals surface area (Å²) < 4.78 is 10.5. The third-order valence-corrected chi connectivity index (χ3v) is 2.81. The van der Waals surface area contributed by atoms with Crippen molar-refractivity contribution in [3.8, 4) is 23.8 Å². The van der Waals surface area contributed by atoms with Crippen LogP contribution in [0.25, 0.3) is 0 Å². The summed E-state index contributed by atoms with van der Waals surface area (Å²) >= 11 is 0. The zero-order chi connectivity index (χ0) is 13.4. The number of hydrogen-bond acceptors (Lipinski definition) is 3. The second kappa shape index (κ2) is 7.62. The van der Waals surface area contributed by atoms with Gasteiger partial charge in [-0.15, -0.1) is 6.42 Å². The van der Waals surface area contributed by atoms with Gasteiger partial charge in [0, 0.05) is 12.1 Å². The molecule has 0 heterocycles. The van der Waals surface area contributed by atoms with Gasteiger partial charge in [-0.2, -0.15) is 0 Å². The van der Waals surface area contributed by atoms with E-state index < -0.39 is 0 Å². The first kappa shape index (κ1) is 14.4. The minimum absolute atomic E-state index is 0.103. The summed E-state index contributed by atoms with van der Waals surface area (Å²) in [7, 11) is 3.32. The third kappa shape index (κ3) is 3.97. The molecule has 0 aliphatic carbocycles. The van der Waals surface area contributed by atoms with Crippen LogP contribution in [0.1, 0.15) is 25.3 Å². The number of terminal acetylenes is 1. The van der Waals surface area contributed by atoms with Crippen molar-refractivity contribution in [3.05, 3.63) is 23.8 Å². The number of rotatable bonds is 7. The maximum atomic E-state index is 5.48. The molecular formula is C15H21NO2. The first-order valence-corrected chi connectivity index (χ1v) is 6.15. The van der Waals surface area contributed by atoms with E-state index in [0.717, 1.165) is 29.9 Å². The minimum atomic E-state index is 0.103. The maximum absolute atomic E-state index is 5.48. The molecule has 18 heavy (non-hydrogen) atoms. The predicted molar refractivity (Wildman–Crippen MR) is 73.9 cm³/mol. The van der Waals surface area contributed by atoms with Gasteiger partial charge in [-0.3, -0.25) is 5.32 Å². The topological polar surface area (TPSA) is 30.5 Å². The van der Waals surface area contributed by atoms with Gasteiger partial charge in [-0.1, -0.05) is 19.3 Å². The van der Waals surface area contributed by atoms with Crippen molar-refractivity contribution in [2.75, 3.05) is 14.2 Å². The van der Waals surface area contributed by atoms with Crippen LogP contribution in [0, 0.1) is 12.3 Å². The summed E-state index contributed by atoms with van der Waals surface area (Å²) in [6.07, 6.45) is 7.52. The van der Waals surface area contributed by atoms with Gasteiger partial charge in [0.05, 0.1) is 20.3 Å². The lowest BCUT2D eigenvalue weighted by atomic mass is 10.1. The smallest absolute Gasteiger partial charge is 0.123 e. The lowest BCUT2D eigenvalue weighted by Gasteiger charge is -2.15. The molecule has 98 valence electrons. The van der Waals surface area contributed by atoms with Gasteiger partial charge in [0.25, 0.3) is 0 Å². The Labute approximate surface area is 109 Å². The molecule has 1 N–H and O–H groups in total. The summed E-state index contributed by atoms with van der Waals surface area (Å²) in [5.74, 6) is 4.42. The third-order valence-electron chi connectivity index (χ3n) is 2.81. The van der Waals surface area contributed by atoms with E-state index in [0.29, 0.717) is 6.54 Å². The Hall–Kier alpha value is -1.66. The summed E-state index contributed by atoms with van der Waals surface area (Å²) in [4.78, 5) is 0. The fourth-order valence-electron chi connectivity index (χ4n) is 1.79. The summed E-state index contributed by atoms with van der Waals surface area (Å²) in [5.41, 5.74) is 1.05. The molecule has 0 amide bonds. The molecule has 0 bridgehead atoms. The molecule has 0 saturated carbocycles. The molecule has 0 aliphatic rings. The second-order valence-electron chi connectivity index (χ2n) is 4.07. The van der Waals surface area contributed by atoms with Crippen LogP contribution in [0.5, 0.6) is 11.5 Å². The fraction of sp³-hybridized carbons (Fsp3) is 0.467. The summed E-state index contributed by atoms with van der Waals surface area (Å²) in [6.45, 7) is 2.80. The highest BCUT2D eigenvalue weighted by Crippen LogP contribution is 2.23. The molecule has 0 aliphatic heterocycles. The average Bonchev–Trinajstić information content (AvgIpc) is 2.43. The highest BCUT2D eigenvalue weighted by Gasteiger charge is 2.08. The molecule has 1 aromatic carbocycles. The van der Waals surface area contributed by atoms with E-state index in [2.05, 4.69) is 18.2 Å². The Balaban J connectivity index is 2.73. The second-order valence-corrected chi connectivity index (χ2v) is 4.07. The van der Waals surface area contributed by atoms with Crippen molar-refractivity contribution < 1.29 is 9.47 Å². The molecule has 0 spiro atoms. The van der Waals surface area contributed by atoms with Crippen molar-refractivity contribution in [2.45, 2.75) is 32.4 Å². The van der Waals surface area contributed by atoms with Crippen LogP contribution in [0.15, 0.2) is 18.2 Å². The van der Waals surface area contributed by atoms with Gasteiger partial charge >= 0.3 is 0 Å². The van der Waals surface area contributed by atoms with Crippen LogP contribution in [0.3, 0.4) is 0 Å². The highest BCUT2D eigenvalue weighted by molar-refractivity contribution is 5.40. The van der Waals surface area contributed by atoms with Gasteiger partial charge in [0.15, 0.2) is 0 Å². The largest absolute Gasteiger partial charge is 0.497 e. The molecular weight excluding hydrogens is 226 g/mol. The number of benzene rings is 1. The average molecular weight is 247 g/mol. The Morgan fingerprint density at radius 2 is 2.11 bits per heavy atom. The van der Waals surface area contributed by atoms with Crippen LogP contribution in [-0.2, 0) is 6.54 Å². The van der Waals surface area contributed by atoms with Crippen molar-refractivity contribution in [1.29, 1.82) is 0 Å². The maximum Gasteiger partial charge on any atom is 0.123 e. The first-order chi connectivity index (χ1) is 8.74. The lowest BCUT2D eigenvalue weighted by molar-refractivity contribution is 0.396. The van der Waals surface area contributed by atoms with Crippen molar-refractivity contribution in [1.82, 2.24) is 5.32 Å². The van der Waals surface area contributed by atoms with E-state index in [1.807, 2.05) is 18.2 Å². The SMILES string of the molecule is C#CC(CCC)NCc1cc(OC)ccc1OC. The molecule has 0 saturated heterocycles. The van der Waals surface area contributed by atoms with E-state index in [-0.39, 0.29) is 6.04 Å². The standard InChI is InChI=1S/C15H21NO2/c1-5-7-13(6-2)16-11-12-10-14(17-3)8-9-15(12)18-4/h2,8-10,13,16H,5,7,11H2,1,3-4H3.